The molecule has 0 aromatic carbocycles. The maximum Gasteiger partial charge on any atom is 0.339 e. The molecule has 3 nitrogen and oxygen atoms in total. The third kappa shape index (κ3) is 2.21. The van der Waals surface area contributed by atoms with E-state index in [9.17, 15) is 14.0 Å². The lowest BCUT2D eigenvalue weighted by Crippen LogP contribution is -2.07. The quantitative estimate of drug-likeness (QED) is 0.360. The predicted octanol–water partition coefficient (Wildman–Crippen LogP) is 0.679. The summed E-state index contributed by atoms with van der Waals surface area (Å²) in [6, 6.07) is 0. The molecule has 0 fully saturated rings. The van der Waals surface area contributed by atoms with Crippen molar-refractivity contribution in [1.29, 1.82) is 0 Å². The number of ketones is 1. The summed E-state index contributed by atoms with van der Waals surface area (Å²) in [7, 11) is 0. The van der Waals surface area contributed by atoms with Crippen molar-refractivity contribution in [1.82, 2.24) is 0 Å². The second-order valence-electron chi connectivity index (χ2n) is 1.44. The molecule has 0 atom stereocenters. The van der Waals surface area contributed by atoms with Crippen molar-refractivity contribution >= 4 is 11.8 Å². The number of rotatable bonds is 3. The summed E-state index contributed by atoms with van der Waals surface area (Å²) >= 11 is 0. The Kier molecular flexibility index (Phi) is 3.04. The largest absolute Gasteiger partial charge is 0.478 e. The zero-order valence-corrected chi connectivity index (χ0v) is 5.00. The van der Waals surface area contributed by atoms with Crippen LogP contribution in [0, 0.1) is 0 Å². The minimum absolute atomic E-state index is 0.0313. The maximum atomic E-state index is 11.2. The van der Waals surface area contributed by atoms with E-state index < -0.39 is 17.3 Å². The first-order valence-electron chi connectivity index (χ1n) is 2.33. The molecule has 0 rings (SSSR count). The molecule has 10 heavy (non-hydrogen) atoms. The van der Waals surface area contributed by atoms with E-state index in [0.717, 1.165) is 0 Å². The van der Waals surface area contributed by atoms with Crippen molar-refractivity contribution in [3.05, 3.63) is 24.6 Å². The van der Waals surface area contributed by atoms with Gasteiger partial charge in [0.1, 0.15) is 0 Å². The number of hydrogen-bond acceptors (Lipinski definition) is 2. The molecule has 0 aromatic heterocycles. The first-order chi connectivity index (χ1) is 4.59. The van der Waals surface area contributed by atoms with Crippen molar-refractivity contribution < 1.29 is 19.1 Å². The number of aliphatic carboxylic acids is 1. The molecule has 0 unspecified atom stereocenters. The molecule has 4 heteroatoms. The highest BCUT2D eigenvalue weighted by Gasteiger charge is 2.10. The summed E-state index contributed by atoms with van der Waals surface area (Å²) in [6.07, 6.45) is 0.465. The van der Waals surface area contributed by atoms with Gasteiger partial charge in [-0.25, -0.2) is 9.18 Å². The number of carbonyl (C=O) groups excluding carboxylic acids is 1. The number of carboxylic acid groups (broad SMARTS) is 1. The summed E-state index contributed by atoms with van der Waals surface area (Å²) < 4.78 is 11.2. The summed E-state index contributed by atoms with van der Waals surface area (Å²) in [6.45, 7) is 2.91. The SMILES string of the molecule is C=C(C(=O)O)C(=O)C=CF. The Morgan fingerprint density at radius 3 is 2.30 bits per heavy atom. The Labute approximate surface area is 56.5 Å². The van der Waals surface area contributed by atoms with Crippen molar-refractivity contribution in [2.75, 3.05) is 0 Å². The molecule has 0 aromatic rings. The lowest BCUT2D eigenvalue weighted by Gasteiger charge is -1.89. The van der Waals surface area contributed by atoms with Gasteiger partial charge in [0.2, 0.25) is 0 Å². The predicted molar refractivity (Wildman–Crippen MR) is 32.0 cm³/mol. The first-order valence-corrected chi connectivity index (χ1v) is 2.33. The van der Waals surface area contributed by atoms with Crippen molar-refractivity contribution in [3.8, 4) is 0 Å². The second kappa shape index (κ2) is 3.55. The third-order valence-corrected chi connectivity index (χ3v) is 0.770. The smallest absolute Gasteiger partial charge is 0.339 e. The van der Waals surface area contributed by atoms with Crippen LogP contribution < -0.4 is 0 Å². The van der Waals surface area contributed by atoms with Crippen molar-refractivity contribution in [3.63, 3.8) is 0 Å². The number of allylic oxidation sites excluding steroid dienone is 1. The lowest BCUT2D eigenvalue weighted by atomic mass is 10.2. The van der Waals surface area contributed by atoms with Gasteiger partial charge in [0.05, 0.1) is 11.9 Å². The molecule has 0 aliphatic rings. The molecule has 0 saturated carbocycles. The molecule has 54 valence electrons. The molecule has 0 saturated heterocycles. The van der Waals surface area contributed by atoms with E-state index in [1.165, 1.54) is 0 Å². The van der Waals surface area contributed by atoms with E-state index in [4.69, 9.17) is 5.11 Å². The maximum absolute atomic E-state index is 11.2. The van der Waals surface area contributed by atoms with Gasteiger partial charge in [-0.15, -0.1) is 0 Å². The molecule has 0 amide bonds. The van der Waals surface area contributed by atoms with Gasteiger partial charge < -0.3 is 5.11 Å². The van der Waals surface area contributed by atoms with E-state index in [2.05, 4.69) is 6.58 Å². The lowest BCUT2D eigenvalue weighted by molar-refractivity contribution is -0.134. The number of hydrogen-bond donors (Lipinski definition) is 1. The van der Waals surface area contributed by atoms with Gasteiger partial charge in [-0.05, 0) is 0 Å². The van der Waals surface area contributed by atoms with Crippen LogP contribution in [0.3, 0.4) is 0 Å². The van der Waals surface area contributed by atoms with Crippen LogP contribution in [-0.2, 0) is 9.59 Å². The highest BCUT2D eigenvalue weighted by Crippen LogP contribution is 1.93. The molecule has 1 N–H and O–H groups in total. The van der Waals surface area contributed by atoms with E-state index >= 15 is 0 Å². The van der Waals surface area contributed by atoms with Crippen LogP contribution in [0.15, 0.2) is 24.6 Å². The van der Waals surface area contributed by atoms with Crippen molar-refractivity contribution in [2.45, 2.75) is 0 Å². The molecule has 0 aliphatic heterocycles. The fourth-order valence-electron chi connectivity index (χ4n) is 0.263. The number of halogens is 1. The van der Waals surface area contributed by atoms with Crippen LogP contribution in [-0.4, -0.2) is 16.9 Å². The topological polar surface area (TPSA) is 54.4 Å². The van der Waals surface area contributed by atoms with Crippen LogP contribution in [0.5, 0.6) is 0 Å². The highest BCUT2D eigenvalue weighted by molar-refractivity contribution is 6.20. The van der Waals surface area contributed by atoms with Gasteiger partial charge in [-0.1, -0.05) is 6.58 Å². The van der Waals surface area contributed by atoms with Gasteiger partial charge in [0, 0.05) is 6.08 Å². The molecular formula is C6H5FO3. The molecule has 0 aliphatic carbocycles. The standard InChI is InChI=1S/C6H5FO3/c1-4(6(9)10)5(8)2-3-7/h2-3H,1H2,(H,9,10). The van der Waals surface area contributed by atoms with Gasteiger partial charge in [-0.2, -0.15) is 0 Å². The Hall–Kier alpha value is -1.45. The average Bonchev–Trinajstić information content (AvgIpc) is 1.87. The van der Waals surface area contributed by atoms with Crippen LogP contribution in [0.4, 0.5) is 4.39 Å². The summed E-state index contributed by atoms with van der Waals surface area (Å²) in [5, 5.41) is 8.10. The summed E-state index contributed by atoms with van der Waals surface area (Å²) in [5.41, 5.74) is -0.645. The fourth-order valence-corrected chi connectivity index (χ4v) is 0.263. The second-order valence-corrected chi connectivity index (χ2v) is 1.44. The Bertz CT molecular complexity index is 205. The van der Waals surface area contributed by atoms with Gasteiger partial charge in [0.25, 0.3) is 0 Å². The van der Waals surface area contributed by atoms with E-state index in [-0.39, 0.29) is 6.33 Å². The summed E-state index contributed by atoms with van der Waals surface area (Å²) in [5.74, 6) is -2.38. The minimum atomic E-state index is -1.44. The minimum Gasteiger partial charge on any atom is -0.478 e. The van der Waals surface area contributed by atoms with Gasteiger partial charge >= 0.3 is 5.97 Å². The van der Waals surface area contributed by atoms with E-state index in [0.29, 0.717) is 6.08 Å². The molecule has 0 spiro atoms. The molecule has 0 radical (unpaired) electrons. The van der Waals surface area contributed by atoms with Crippen LogP contribution in [0.2, 0.25) is 0 Å². The van der Waals surface area contributed by atoms with E-state index in [1.54, 1.807) is 0 Å². The molecule has 0 bridgehead atoms. The zero-order valence-electron chi connectivity index (χ0n) is 5.00. The van der Waals surface area contributed by atoms with Gasteiger partial charge in [-0.3, -0.25) is 4.79 Å². The van der Waals surface area contributed by atoms with Gasteiger partial charge in [0.15, 0.2) is 5.78 Å². The van der Waals surface area contributed by atoms with E-state index in [1.807, 2.05) is 0 Å². The Balaban J connectivity index is 4.23. The van der Waals surface area contributed by atoms with Crippen LogP contribution in [0.1, 0.15) is 0 Å². The Morgan fingerprint density at radius 2 is 2.00 bits per heavy atom. The third-order valence-electron chi connectivity index (χ3n) is 0.770. The highest BCUT2D eigenvalue weighted by atomic mass is 19.1. The number of carboxylic acids is 1. The molecular weight excluding hydrogens is 139 g/mol. The van der Waals surface area contributed by atoms with Crippen molar-refractivity contribution in [2.24, 2.45) is 0 Å². The summed E-state index contributed by atoms with van der Waals surface area (Å²) in [4.78, 5) is 20.3. The number of carbonyl (C=O) groups is 2. The average molecular weight is 144 g/mol. The fraction of sp³-hybridized carbons (Fsp3) is 0. The molecule has 0 heterocycles. The first kappa shape index (κ1) is 8.55. The van der Waals surface area contributed by atoms with Crippen LogP contribution >= 0.6 is 0 Å². The monoisotopic (exact) mass is 144 g/mol. The zero-order chi connectivity index (χ0) is 8.15. The van der Waals surface area contributed by atoms with Crippen LogP contribution in [0.25, 0.3) is 0 Å². The Morgan fingerprint density at radius 1 is 1.50 bits per heavy atom. The normalized spacial score (nSPS) is 9.70.